The molecule has 2 aromatic rings. The summed E-state index contributed by atoms with van der Waals surface area (Å²) in [7, 11) is -3.70. The molecule has 0 bridgehead atoms. The number of anilines is 1. The van der Waals surface area contributed by atoms with Crippen molar-refractivity contribution in [2.75, 3.05) is 37.4 Å². The molecular formula is C22H27N3O3S. The molecule has 1 heterocycles. The predicted molar refractivity (Wildman–Crippen MR) is 113 cm³/mol. The predicted octanol–water partition coefficient (Wildman–Crippen LogP) is 2.96. The Bertz CT molecular complexity index is 977. The van der Waals surface area contributed by atoms with Crippen molar-refractivity contribution in [2.45, 2.75) is 24.7 Å². The molecule has 1 saturated carbocycles. The molecule has 1 N–H and O–H groups in total. The fourth-order valence-corrected chi connectivity index (χ4v) is 4.78. The number of hydrogen-bond acceptors (Lipinski definition) is 4. The molecule has 7 heteroatoms. The van der Waals surface area contributed by atoms with Crippen LogP contribution >= 0.6 is 0 Å². The van der Waals surface area contributed by atoms with Crippen molar-refractivity contribution in [1.29, 1.82) is 0 Å². The van der Waals surface area contributed by atoms with Gasteiger partial charge in [-0.1, -0.05) is 18.2 Å². The number of carbonyl (C=O) groups is 1. The normalized spacial score (nSPS) is 17.9. The van der Waals surface area contributed by atoms with Crippen molar-refractivity contribution in [3.8, 4) is 0 Å². The van der Waals surface area contributed by atoms with E-state index in [4.69, 9.17) is 0 Å². The number of sulfonamides is 1. The highest BCUT2D eigenvalue weighted by atomic mass is 32.2. The number of amides is 1. The Balaban J connectivity index is 1.39. The van der Waals surface area contributed by atoms with E-state index in [0.29, 0.717) is 11.3 Å². The standard InChI is InChI=1S/C22H27N3O3S/c1-17-4-2-3-5-21(17)23-29(27,28)20-10-8-19(9-11-20)22(26)25-14-12-24(13-15-25)16-18-6-7-18/h2-5,8-11,18,23H,6-7,12-16H2,1H3. The number of rotatable bonds is 6. The zero-order valence-electron chi connectivity index (χ0n) is 16.7. The lowest BCUT2D eigenvalue weighted by molar-refractivity contribution is 0.0632. The molecule has 154 valence electrons. The van der Waals surface area contributed by atoms with Gasteiger partial charge in [0.1, 0.15) is 0 Å². The largest absolute Gasteiger partial charge is 0.336 e. The van der Waals surface area contributed by atoms with E-state index < -0.39 is 10.0 Å². The van der Waals surface area contributed by atoms with Gasteiger partial charge in [0, 0.05) is 38.3 Å². The van der Waals surface area contributed by atoms with Gasteiger partial charge in [0.15, 0.2) is 0 Å². The summed E-state index contributed by atoms with van der Waals surface area (Å²) in [5, 5.41) is 0. The molecule has 2 aliphatic rings. The number of benzene rings is 2. The highest BCUT2D eigenvalue weighted by Crippen LogP contribution is 2.30. The molecule has 2 aromatic carbocycles. The summed E-state index contributed by atoms with van der Waals surface area (Å²) < 4.78 is 27.9. The number of aryl methyl sites for hydroxylation is 1. The van der Waals surface area contributed by atoms with Crippen molar-refractivity contribution in [3.05, 3.63) is 59.7 Å². The topological polar surface area (TPSA) is 69.7 Å². The molecule has 1 aliphatic heterocycles. The molecule has 2 fully saturated rings. The quantitative estimate of drug-likeness (QED) is 0.791. The van der Waals surface area contributed by atoms with Crippen molar-refractivity contribution in [1.82, 2.24) is 9.80 Å². The molecule has 1 saturated heterocycles. The van der Waals surface area contributed by atoms with E-state index >= 15 is 0 Å². The maximum atomic E-state index is 12.8. The van der Waals surface area contributed by atoms with Crippen LogP contribution < -0.4 is 4.72 Å². The minimum Gasteiger partial charge on any atom is -0.336 e. The fourth-order valence-electron chi connectivity index (χ4n) is 3.65. The third-order valence-electron chi connectivity index (χ3n) is 5.67. The summed E-state index contributed by atoms with van der Waals surface area (Å²) in [4.78, 5) is 17.2. The van der Waals surface area contributed by atoms with Crippen LogP contribution in [0.25, 0.3) is 0 Å². The summed E-state index contributed by atoms with van der Waals surface area (Å²) in [5.74, 6) is 0.826. The van der Waals surface area contributed by atoms with Crippen LogP contribution in [0.5, 0.6) is 0 Å². The molecule has 29 heavy (non-hydrogen) atoms. The van der Waals surface area contributed by atoms with E-state index in [0.717, 1.165) is 44.2 Å². The zero-order chi connectivity index (χ0) is 20.4. The number of nitrogens with zero attached hydrogens (tertiary/aromatic N) is 2. The van der Waals surface area contributed by atoms with Crippen LogP contribution in [-0.2, 0) is 10.0 Å². The average molecular weight is 414 g/mol. The van der Waals surface area contributed by atoms with E-state index in [1.165, 1.54) is 25.0 Å². The first-order valence-corrected chi connectivity index (χ1v) is 11.6. The SMILES string of the molecule is Cc1ccccc1NS(=O)(=O)c1ccc(C(=O)N2CCN(CC3CC3)CC2)cc1. The van der Waals surface area contributed by atoms with Gasteiger partial charge in [-0.3, -0.25) is 14.4 Å². The molecule has 0 atom stereocenters. The highest BCUT2D eigenvalue weighted by molar-refractivity contribution is 7.92. The van der Waals surface area contributed by atoms with Gasteiger partial charge in [-0.15, -0.1) is 0 Å². The van der Waals surface area contributed by atoms with Crippen LogP contribution in [0.1, 0.15) is 28.8 Å². The smallest absolute Gasteiger partial charge is 0.261 e. The Morgan fingerprint density at radius 1 is 1.00 bits per heavy atom. The molecule has 0 aromatic heterocycles. The Labute approximate surface area is 172 Å². The number of para-hydroxylation sites is 1. The number of piperazine rings is 1. The lowest BCUT2D eigenvalue weighted by Gasteiger charge is -2.34. The Morgan fingerprint density at radius 3 is 2.28 bits per heavy atom. The number of carbonyl (C=O) groups excluding carboxylic acids is 1. The van der Waals surface area contributed by atoms with Crippen LogP contribution in [0.2, 0.25) is 0 Å². The Kier molecular flexibility index (Phi) is 5.61. The molecule has 1 amide bonds. The molecule has 1 aliphatic carbocycles. The molecular weight excluding hydrogens is 386 g/mol. The lowest BCUT2D eigenvalue weighted by atomic mass is 10.2. The average Bonchev–Trinajstić information content (AvgIpc) is 3.54. The van der Waals surface area contributed by atoms with Crippen LogP contribution in [0.15, 0.2) is 53.4 Å². The first-order chi connectivity index (χ1) is 13.9. The van der Waals surface area contributed by atoms with E-state index in [9.17, 15) is 13.2 Å². The molecule has 6 nitrogen and oxygen atoms in total. The van der Waals surface area contributed by atoms with Crippen LogP contribution in [-0.4, -0.2) is 56.8 Å². The second kappa shape index (κ2) is 8.16. The lowest BCUT2D eigenvalue weighted by Crippen LogP contribution is -2.49. The van der Waals surface area contributed by atoms with Gasteiger partial charge < -0.3 is 4.90 Å². The second-order valence-corrected chi connectivity index (χ2v) is 9.66. The summed E-state index contributed by atoms with van der Waals surface area (Å²) in [6.45, 7) is 6.28. The Morgan fingerprint density at radius 2 is 1.66 bits per heavy atom. The number of nitrogens with one attached hydrogen (secondary N) is 1. The van der Waals surface area contributed by atoms with Gasteiger partial charge >= 0.3 is 0 Å². The first kappa shape index (κ1) is 19.9. The maximum Gasteiger partial charge on any atom is 0.261 e. The van der Waals surface area contributed by atoms with E-state index in [1.807, 2.05) is 24.0 Å². The second-order valence-electron chi connectivity index (χ2n) is 7.98. The van der Waals surface area contributed by atoms with Crippen LogP contribution in [0.3, 0.4) is 0 Å². The van der Waals surface area contributed by atoms with Crippen LogP contribution in [0.4, 0.5) is 5.69 Å². The minimum absolute atomic E-state index is 0.0353. The van der Waals surface area contributed by atoms with E-state index in [-0.39, 0.29) is 10.8 Å². The minimum atomic E-state index is -3.70. The summed E-state index contributed by atoms with van der Waals surface area (Å²) >= 11 is 0. The van der Waals surface area contributed by atoms with Crippen molar-refractivity contribution in [2.24, 2.45) is 5.92 Å². The van der Waals surface area contributed by atoms with Crippen molar-refractivity contribution < 1.29 is 13.2 Å². The molecule has 0 radical (unpaired) electrons. The van der Waals surface area contributed by atoms with E-state index in [2.05, 4.69) is 9.62 Å². The van der Waals surface area contributed by atoms with Crippen LogP contribution in [0, 0.1) is 12.8 Å². The van der Waals surface area contributed by atoms with Gasteiger partial charge in [0.05, 0.1) is 10.6 Å². The van der Waals surface area contributed by atoms with Crippen molar-refractivity contribution in [3.63, 3.8) is 0 Å². The molecule has 4 rings (SSSR count). The summed E-state index contributed by atoms with van der Waals surface area (Å²) in [6, 6.07) is 13.4. The summed E-state index contributed by atoms with van der Waals surface area (Å²) in [5.41, 5.74) is 1.93. The van der Waals surface area contributed by atoms with E-state index in [1.54, 1.807) is 24.3 Å². The highest BCUT2D eigenvalue weighted by Gasteiger charge is 2.28. The fraction of sp³-hybridized carbons (Fsp3) is 0.409. The van der Waals surface area contributed by atoms with Gasteiger partial charge in [-0.05, 0) is 61.6 Å². The van der Waals surface area contributed by atoms with Gasteiger partial charge in [0.2, 0.25) is 0 Å². The summed E-state index contributed by atoms with van der Waals surface area (Å²) in [6.07, 6.45) is 2.68. The zero-order valence-corrected chi connectivity index (χ0v) is 17.5. The Hall–Kier alpha value is -2.38. The first-order valence-electron chi connectivity index (χ1n) is 10.1. The third-order valence-corrected chi connectivity index (χ3v) is 7.06. The maximum absolute atomic E-state index is 12.8. The third kappa shape index (κ3) is 4.79. The van der Waals surface area contributed by atoms with Gasteiger partial charge in [0.25, 0.3) is 15.9 Å². The molecule has 0 unspecified atom stereocenters. The monoisotopic (exact) mass is 413 g/mol. The number of hydrogen-bond donors (Lipinski definition) is 1. The van der Waals surface area contributed by atoms with Crippen molar-refractivity contribution >= 4 is 21.6 Å². The molecule has 0 spiro atoms. The van der Waals surface area contributed by atoms with Gasteiger partial charge in [-0.25, -0.2) is 8.42 Å². The van der Waals surface area contributed by atoms with Gasteiger partial charge in [-0.2, -0.15) is 0 Å².